The van der Waals surface area contributed by atoms with Crippen molar-refractivity contribution in [3.05, 3.63) is 113 Å². The number of nitrogens with one attached hydrogen (secondary N) is 1. The van der Waals surface area contributed by atoms with Crippen molar-refractivity contribution in [3.63, 3.8) is 0 Å². The molecular formula is C47H58N2O4. The molecule has 53 heavy (non-hydrogen) atoms. The maximum absolute atomic E-state index is 14.5. The number of urea groups is 1. The minimum Gasteiger partial charge on any atom is -0.393 e. The number of aliphatic hydroxyl groups excluding tert-OH is 1. The second-order valence-corrected chi connectivity index (χ2v) is 18.2. The van der Waals surface area contributed by atoms with Gasteiger partial charge in [0.25, 0.3) is 0 Å². The standard InChI is InChI=1S/C47H58N2O4/c1-32-10-9-20-45(2)42(40-18-16-33(25-39(50)17-15-32)26-41(40)43(51)37-11-5-3-6-12-37)19-21-47(45,53)31-49(44(52)48-38-13-7-4-8-14-38)30-46-27-34-22-35(28-46)24-36(23-34)29-46/h3-8,10-14,16,18,26,34-36,39,42,50,53H,9,15,17,19-25,27-31H2,1-2H3,(H,48,52). The summed E-state index contributed by atoms with van der Waals surface area (Å²) in [6, 6.07) is 25.3. The van der Waals surface area contributed by atoms with E-state index in [2.05, 4.69) is 37.4 Å². The van der Waals surface area contributed by atoms with E-state index >= 15 is 0 Å². The summed E-state index contributed by atoms with van der Waals surface area (Å²) in [5.74, 6) is 2.16. The van der Waals surface area contributed by atoms with Crippen LogP contribution in [0.2, 0.25) is 0 Å². The number of allylic oxidation sites excluding steroid dienone is 2. The number of ketones is 1. The zero-order valence-corrected chi connectivity index (χ0v) is 31.7. The van der Waals surface area contributed by atoms with E-state index in [1.807, 2.05) is 71.6 Å². The van der Waals surface area contributed by atoms with Gasteiger partial charge in [0.15, 0.2) is 5.78 Å². The fourth-order valence-electron chi connectivity index (χ4n) is 12.1. The van der Waals surface area contributed by atoms with Crippen molar-refractivity contribution in [2.75, 3.05) is 18.4 Å². The Morgan fingerprint density at radius 2 is 1.51 bits per heavy atom. The van der Waals surface area contributed by atoms with E-state index in [1.165, 1.54) is 44.1 Å². The van der Waals surface area contributed by atoms with Crippen LogP contribution in [0.5, 0.6) is 0 Å². The van der Waals surface area contributed by atoms with Gasteiger partial charge in [-0.05, 0) is 149 Å². The van der Waals surface area contributed by atoms with E-state index in [0.717, 1.165) is 60.3 Å². The Balaban J connectivity index is 1.18. The molecule has 6 heteroatoms. The quantitative estimate of drug-likeness (QED) is 0.168. The summed E-state index contributed by atoms with van der Waals surface area (Å²) < 4.78 is 0. The second-order valence-electron chi connectivity index (χ2n) is 18.2. The number of fused-ring (bicyclic) bond motifs is 8. The molecule has 3 aromatic carbocycles. The highest BCUT2D eigenvalue weighted by molar-refractivity contribution is 6.10. The van der Waals surface area contributed by atoms with Crippen molar-refractivity contribution in [2.24, 2.45) is 28.6 Å². The van der Waals surface area contributed by atoms with Crippen molar-refractivity contribution >= 4 is 17.5 Å². The van der Waals surface area contributed by atoms with Crippen LogP contribution in [0.3, 0.4) is 0 Å². The molecule has 0 spiro atoms. The lowest BCUT2D eigenvalue weighted by atomic mass is 9.49. The summed E-state index contributed by atoms with van der Waals surface area (Å²) in [6.45, 7) is 5.30. The SMILES string of the molecule is CC1=CCCC2(C)C(CCC2(O)CN(CC23CC4CC(CC(C4)C2)C3)C(=O)Nc2ccccc2)c2ccc(cc2C(=O)c2ccccc2)CC(O)CC1. The third-order valence-corrected chi connectivity index (χ3v) is 14.4. The molecular weight excluding hydrogens is 657 g/mol. The normalized spacial score (nSPS) is 33.5. The number of rotatable bonds is 7. The van der Waals surface area contributed by atoms with Crippen molar-refractivity contribution in [2.45, 2.75) is 115 Å². The van der Waals surface area contributed by atoms with Gasteiger partial charge < -0.3 is 20.4 Å². The van der Waals surface area contributed by atoms with Crippen molar-refractivity contribution < 1.29 is 19.8 Å². The van der Waals surface area contributed by atoms with E-state index < -0.39 is 17.1 Å². The Labute approximate surface area is 316 Å². The molecule has 4 unspecified atom stereocenters. The van der Waals surface area contributed by atoms with E-state index in [0.29, 0.717) is 36.9 Å². The Hall–Kier alpha value is -3.74. The first-order chi connectivity index (χ1) is 25.5. The second kappa shape index (κ2) is 14.5. The Morgan fingerprint density at radius 1 is 0.849 bits per heavy atom. The minimum absolute atomic E-state index is 0.0248. The van der Waals surface area contributed by atoms with Crippen LogP contribution in [0.1, 0.15) is 124 Å². The summed E-state index contributed by atoms with van der Waals surface area (Å²) >= 11 is 0. The largest absolute Gasteiger partial charge is 0.393 e. The molecule has 0 heterocycles. The van der Waals surface area contributed by atoms with Gasteiger partial charge in [-0.1, -0.05) is 79.2 Å². The maximum atomic E-state index is 14.5. The number of benzene rings is 3. The van der Waals surface area contributed by atoms with Crippen molar-refractivity contribution in [1.82, 2.24) is 4.90 Å². The predicted molar refractivity (Wildman–Crippen MR) is 211 cm³/mol. The highest BCUT2D eigenvalue weighted by Crippen LogP contribution is 2.62. The van der Waals surface area contributed by atoms with Gasteiger partial charge in [0, 0.05) is 28.8 Å². The number of hydrogen-bond donors (Lipinski definition) is 3. The molecule has 2 amide bonds. The van der Waals surface area contributed by atoms with Crippen LogP contribution in [0.25, 0.3) is 0 Å². The Bertz CT molecular complexity index is 1800. The summed E-state index contributed by atoms with van der Waals surface area (Å²) in [6.07, 6.45) is 14.1. The molecule has 0 aliphatic heterocycles. The van der Waals surface area contributed by atoms with Gasteiger partial charge in [0.05, 0.1) is 18.2 Å². The number of nitrogens with zero attached hydrogens (tertiary/aromatic N) is 1. The molecule has 10 rings (SSSR count). The molecule has 280 valence electrons. The highest BCUT2D eigenvalue weighted by atomic mass is 16.3. The monoisotopic (exact) mass is 714 g/mol. The van der Waals surface area contributed by atoms with Crippen LogP contribution in [0.15, 0.2) is 90.5 Å². The smallest absolute Gasteiger partial charge is 0.321 e. The first-order valence-corrected chi connectivity index (χ1v) is 20.4. The van der Waals surface area contributed by atoms with Gasteiger partial charge >= 0.3 is 6.03 Å². The number of carbonyl (C=O) groups is 2. The van der Waals surface area contributed by atoms with Crippen molar-refractivity contribution in [3.8, 4) is 0 Å². The summed E-state index contributed by atoms with van der Waals surface area (Å²) in [7, 11) is 0. The molecule has 3 N–H and O–H groups in total. The molecule has 5 saturated carbocycles. The first kappa shape index (κ1) is 36.2. The van der Waals surface area contributed by atoms with Crippen LogP contribution in [-0.4, -0.2) is 51.7 Å². The third kappa shape index (κ3) is 7.26. The fraction of sp³-hybridized carbons (Fsp3) is 0.532. The third-order valence-electron chi connectivity index (χ3n) is 14.4. The average Bonchev–Trinajstić information content (AvgIpc) is 3.38. The molecule has 0 aromatic heterocycles. The van der Waals surface area contributed by atoms with Crippen molar-refractivity contribution in [1.29, 1.82) is 0 Å². The lowest BCUT2D eigenvalue weighted by molar-refractivity contribution is -0.0975. The topological polar surface area (TPSA) is 89.9 Å². The molecule has 0 radical (unpaired) electrons. The number of aliphatic hydroxyl groups is 2. The molecule has 6 nitrogen and oxygen atoms in total. The van der Waals surface area contributed by atoms with Crippen LogP contribution in [-0.2, 0) is 6.42 Å². The van der Waals surface area contributed by atoms with Gasteiger partial charge in [-0.15, -0.1) is 0 Å². The molecule has 7 aliphatic rings. The number of anilines is 1. The molecule has 5 fully saturated rings. The highest BCUT2D eigenvalue weighted by Gasteiger charge is 2.59. The number of amides is 2. The summed E-state index contributed by atoms with van der Waals surface area (Å²) in [5.41, 5.74) is 3.56. The number of carbonyl (C=O) groups excluding carboxylic acids is 2. The maximum Gasteiger partial charge on any atom is 0.321 e. The van der Waals surface area contributed by atoms with Crippen LogP contribution in [0.4, 0.5) is 10.5 Å². The van der Waals surface area contributed by atoms with E-state index in [1.54, 1.807) is 0 Å². The summed E-state index contributed by atoms with van der Waals surface area (Å²) in [5, 5.41) is 27.5. The molecule has 7 aliphatic carbocycles. The van der Waals surface area contributed by atoms with E-state index in [-0.39, 0.29) is 29.7 Å². The molecule has 0 saturated heterocycles. The first-order valence-electron chi connectivity index (χ1n) is 20.4. The zero-order valence-electron chi connectivity index (χ0n) is 31.7. The van der Waals surface area contributed by atoms with Gasteiger partial charge in [0.2, 0.25) is 0 Å². The van der Waals surface area contributed by atoms with Gasteiger partial charge in [0.1, 0.15) is 0 Å². The minimum atomic E-state index is -1.17. The van der Waals surface area contributed by atoms with Gasteiger partial charge in [-0.25, -0.2) is 4.79 Å². The van der Waals surface area contributed by atoms with E-state index in [4.69, 9.17) is 0 Å². The molecule has 4 atom stereocenters. The van der Waals surface area contributed by atoms with Crippen LogP contribution < -0.4 is 5.32 Å². The molecule has 6 bridgehead atoms. The molecule has 3 aromatic rings. The Kier molecular flexibility index (Phi) is 9.91. The number of hydrogen-bond acceptors (Lipinski definition) is 4. The summed E-state index contributed by atoms with van der Waals surface area (Å²) in [4.78, 5) is 30.9. The van der Waals surface area contributed by atoms with E-state index in [9.17, 15) is 19.8 Å². The number of para-hydroxylation sites is 1. The van der Waals surface area contributed by atoms with Gasteiger partial charge in [-0.2, -0.15) is 0 Å². The fourth-order valence-corrected chi connectivity index (χ4v) is 12.1. The lowest BCUT2D eigenvalue weighted by Crippen LogP contribution is -2.58. The Morgan fingerprint density at radius 3 is 2.19 bits per heavy atom. The zero-order chi connectivity index (χ0) is 36.8. The van der Waals surface area contributed by atoms with Crippen LogP contribution >= 0.6 is 0 Å². The van der Waals surface area contributed by atoms with Crippen LogP contribution in [0, 0.1) is 28.6 Å². The lowest BCUT2D eigenvalue weighted by Gasteiger charge is -2.58. The average molecular weight is 715 g/mol. The van der Waals surface area contributed by atoms with Gasteiger partial charge in [-0.3, -0.25) is 4.79 Å². The predicted octanol–water partition coefficient (Wildman–Crippen LogP) is 9.71.